The van der Waals surface area contributed by atoms with E-state index >= 15 is 0 Å². The summed E-state index contributed by atoms with van der Waals surface area (Å²) in [5.74, 6) is -1.14. The highest BCUT2D eigenvalue weighted by atomic mass is 32.1. The maximum absolute atomic E-state index is 11.9. The first-order chi connectivity index (χ1) is 8.58. The van der Waals surface area contributed by atoms with Crippen LogP contribution in [0.5, 0.6) is 0 Å². The number of rotatable bonds is 3. The van der Waals surface area contributed by atoms with Gasteiger partial charge in [-0.15, -0.1) is 5.10 Å². The fourth-order valence-corrected chi connectivity index (χ4v) is 2.74. The maximum Gasteiger partial charge on any atom is 0.306 e. The molecule has 98 valence electrons. The summed E-state index contributed by atoms with van der Waals surface area (Å²) in [7, 11) is 0. The topological polar surface area (TPSA) is 92.2 Å². The number of nitrogens with zero attached hydrogens (tertiary/aromatic N) is 2. The average molecular weight is 269 g/mol. The summed E-state index contributed by atoms with van der Waals surface area (Å²) >= 11 is 1.08. The second-order valence-corrected chi connectivity index (χ2v) is 5.30. The van der Waals surface area contributed by atoms with E-state index in [-0.39, 0.29) is 17.9 Å². The molecule has 0 aromatic carbocycles. The highest BCUT2D eigenvalue weighted by molar-refractivity contribution is 7.08. The molecule has 2 N–H and O–H groups in total. The first-order valence-corrected chi connectivity index (χ1v) is 6.68. The molecule has 0 radical (unpaired) electrons. The number of carbonyl (C=O) groups is 2. The monoisotopic (exact) mass is 269 g/mol. The van der Waals surface area contributed by atoms with Crippen LogP contribution in [0.3, 0.4) is 0 Å². The third-order valence-electron chi connectivity index (χ3n) is 3.27. The van der Waals surface area contributed by atoms with Crippen molar-refractivity contribution in [3.05, 3.63) is 10.6 Å². The number of carboxylic acid groups (broad SMARTS) is 1. The van der Waals surface area contributed by atoms with Gasteiger partial charge in [0, 0.05) is 6.04 Å². The van der Waals surface area contributed by atoms with Crippen molar-refractivity contribution in [1.82, 2.24) is 14.9 Å². The Morgan fingerprint density at radius 3 is 2.50 bits per heavy atom. The normalized spacial score (nSPS) is 23.6. The summed E-state index contributed by atoms with van der Waals surface area (Å²) in [6, 6.07) is 0.0644. The minimum absolute atomic E-state index is 0.0644. The van der Waals surface area contributed by atoms with E-state index < -0.39 is 5.97 Å². The molecule has 1 aromatic rings. The number of aryl methyl sites for hydroxylation is 1. The van der Waals surface area contributed by atoms with E-state index in [1.165, 1.54) is 0 Å². The number of carbonyl (C=O) groups excluding carboxylic acids is 1. The third kappa shape index (κ3) is 2.84. The Morgan fingerprint density at radius 1 is 1.33 bits per heavy atom. The Bertz CT molecular complexity index is 452. The van der Waals surface area contributed by atoms with Crippen LogP contribution in [0.2, 0.25) is 0 Å². The van der Waals surface area contributed by atoms with Gasteiger partial charge in [0.25, 0.3) is 5.91 Å². The fraction of sp³-hybridized carbons (Fsp3) is 0.636. The molecule has 6 nitrogen and oxygen atoms in total. The van der Waals surface area contributed by atoms with Crippen LogP contribution in [0.15, 0.2) is 0 Å². The zero-order valence-corrected chi connectivity index (χ0v) is 10.9. The Morgan fingerprint density at radius 2 is 2.00 bits per heavy atom. The first-order valence-electron chi connectivity index (χ1n) is 5.90. The number of hydrogen-bond donors (Lipinski definition) is 2. The van der Waals surface area contributed by atoms with Crippen LogP contribution in [0.25, 0.3) is 0 Å². The molecule has 1 fully saturated rings. The zero-order valence-electron chi connectivity index (χ0n) is 10.0. The summed E-state index contributed by atoms with van der Waals surface area (Å²) < 4.78 is 3.72. The molecule has 1 heterocycles. The molecule has 2 rings (SSSR count). The predicted molar refractivity (Wildman–Crippen MR) is 65.5 cm³/mol. The Hall–Kier alpha value is -1.50. The van der Waals surface area contributed by atoms with E-state index in [4.69, 9.17) is 5.11 Å². The molecule has 0 bridgehead atoms. The number of carboxylic acids is 1. The van der Waals surface area contributed by atoms with E-state index in [0.29, 0.717) is 36.3 Å². The van der Waals surface area contributed by atoms with Gasteiger partial charge in [-0.1, -0.05) is 4.49 Å². The number of aliphatic carboxylic acids is 1. The molecule has 1 aliphatic rings. The molecule has 0 saturated heterocycles. The summed E-state index contributed by atoms with van der Waals surface area (Å²) in [6.07, 6.45) is 2.68. The summed E-state index contributed by atoms with van der Waals surface area (Å²) in [6.45, 7) is 1.75. The van der Waals surface area contributed by atoms with Crippen molar-refractivity contribution < 1.29 is 14.7 Å². The van der Waals surface area contributed by atoms with Crippen molar-refractivity contribution in [1.29, 1.82) is 0 Å². The number of hydrogen-bond acceptors (Lipinski definition) is 5. The van der Waals surface area contributed by atoms with Gasteiger partial charge in [-0.3, -0.25) is 9.59 Å². The molecule has 0 atom stereocenters. The average Bonchev–Trinajstić information content (AvgIpc) is 2.76. The number of amides is 1. The SMILES string of the molecule is Cc1nnsc1C(=O)NC1CCC(C(=O)O)CC1. The minimum atomic E-state index is -0.734. The molecule has 0 unspecified atom stereocenters. The highest BCUT2D eigenvalue weighted by Gasteiger charge is 2.27. The van der Waals surface area contributed by atoms with Crippen LogP contribution >= 0.6 is 11.5 Å². The van der Waals surface area contributed by atoms with E-state index in [9.17, 15) is 9.59 Å². The fourth-order valence-electron chi connectivity index (χ4n) is 2.18. The van der Waals surface area contributed by atoms with Gasteiger partial charge in [0.1, 0.15) is 4.88 Å². The van der Waals surface area contributed by atoms with Crippen molar-refractivity contribution >= 4 is 23.4 Å². The van der Waals surface area contributed by atoms with Gasteiger partial charge in [-0.25, -0.2) is 0 Å². The Balaban J connectivity index is 1.87. The molecule has 0 spiro atoms. The van der Waals surface area contributed by atoms with Crippen molar-refractivity contribution in [2.75, 3.05) is 0 Å². The molecule has 1 saturated carbocycles. The minimum Gasteiger partial charge on any atom is -0.481 e. The van der Waals surface area contributed by atoms with Crippen molar-refractivity contribution in [2.45, 2.75) is 38.6 Å². The maximum atomic E-state index is 11.9. The predicted octanol–water partition coefficient (Wildman–Crippen LogP) is 1.22. The lowest BCUT2D eigenvalue weighted by Crippen LogP contribution is -2.38. The van der Waals surface area contributed by atoms with Crippen LogP contribution < -0.4 is 5.32 Å². The van der Waals surface area contributed by atoms with Gasteiger partial charge in [0.05, 0.1) is 11.6 Å². The quantitative estimate of drug-likeness (QED) is 0.860. The lowest BCUT2D eigenvalue weighted by atomic mass is 9.86. The molecule has 1 aromatic heterocycles. The van der Waals surface area contributed by atoms with Gasteiger partial charge < -0.3 is 10.4 Å². The largest absolute Gasteiger partial charge is 0.481 e. The second kappa shape index (κ2) is 5.43. The van der Waals surface area contributed by atoms with Gasteiger partial charge in [0.2, 0.25) is 0 Å². The van der Waals surface area contributed by atoms with Crippen molar-refractivity contribution in [3.63, 3.8) is 0 Å². The molecule has 1 amide bonds. The van der Waals surface area contributed by atoms with Gasteiger partial charge in [-0.2, -0.15) is 0 Å². The zero-order chi connectivity index (χ0) is 13.1. The molecule has 7 heteroatoms. The van der Waals surface area contributed by atoms with Crippen LogP contribution in [0.4, 0.5) is 0 Å². The van der Waals surface area contributed by atoms with Gasteiger partial charge in [0.15, 0.2) is 0 Å². The third-order valence-corrected chi connectivity index (χ3v) is 4.10. The Labute approximate surface area is 109 Å². The summed E-state index contributed by atoms with van der Waals surface area (Å²) in [4.78, 5) is 23.3. The standard InChI is InChI=1S/C11H15N3O3S/c1-6-9(18-14-13-6)10(15)12-8-4-2-7(3-5-8)11(16)17/h7-8H,2-5H2,1H3,(H,12,15)(H,16,17). The van der Waals surface area contributed by atoms with Gasteiger partial charge in [-0.05, 0) is 44.1 Å². The van der Waals surface area contributed by atoms with E-state index in [0.717, 1.165) is 11.5 Å². The molecule has 18 heavy (non-hydrogen) atoms. The van der Waals surface area contributed by atoms with E-state index in [2.05, 4.69) is 14.9 Å². The first kappa shape index (κ1) is 12.9. The van der Waals surface area contributed by atoms with E-state index in [1.807, 2.05) is 0 Å². The van der Waals surface area contributed by atoms with Crippen molar-refractivity contribution in [3.8, 4) is 0 Å². The van der Waals surface area contributed by atoms with Crippen LogP contribution in [0, 0.1) is 12.8 Å². The number of aromatic nitrogens is 2. The van der Waals surface area contributed by atoms with Gasteiger partial charge >= 0.3 is 5.97 Å². The second-order valence-electron chi connectivity index (χ2n) is 4.55. The van der Waals surface area contributed by atoms with Crippen LogP contribution in [-0.2, 0) is 4.79 Å². The molecule has 0 aliphatic heterocycles. The van der Waals surface area contributed by atoms with Crippen LogP contribution in [0.1, 0.15) is 41.0 Å². The summed E-state index contributed by atoms with van der Waals surface area (Å²) in [5, 5.41) is 15.6. The Kier molecular flexibility index (Phi) is 3.90. The number of nitrogens with one attached hydrogen (secondary N) is 1. The lowest BCUT2D eigenvalue weighted by Gasteiger charge is -2.26. The molecular formula is C11H15N3O3S. The lowest BCUT2D eigenvalue weighted by molar-refractivity contribution is -0.142. The molecular weight excluding hydrogens is 254 g/mol. The summed E-state index contributed by atoms with van der Waals surface area (Å²) in [5.41, 5.74) is 0.636. The smallest absolute Gasteiger partial charge is 0.306 e. The molecule has 1 aliphatic carbocycles. The van der Waals surface area contributed by atoms with Crippen molar-refractivity contribution in [2.24, 2.45) is 5.92 Å². The van der Waals surface area contributed by atoms with Crippen LogP contribution in [-0.4, -0.2) is 32.6 Å². The highest BCUT2D eigenvalue weighted by Crippen LogP contribution is 2.24. The van der Waals surface area contributed by atoms with E-state index in [1.54, 1.807) is 6.92 Å².